The molecule has 1 aromatic heterocycles. The third-order valence-electron chi connectivity index (χ3n) is 3.30. The number of hydrogen-bond donors (Lipinski definition) is 1. The van der Waals surface area contributed by atoms with Crippen LogP contribution in [-0.2, 0) is 6.61 Å². The summed E-state index contributed by atoms with van der Waals surface area (Å²) in [5, 5.41) is 14.2. The third-order valence-corrected chi connectivity index (χ3v) is 4.24. The normalized spacial score (nSPS) is 10.7. The number of aromatic nitrogens is 4. The monoisotopic (exact) mass is 426 g/mol. The number of benzene rings is 2. The van der Waals surface area contributed by atoms with Crippen LogP contribution in [0.1, 0.15) is 12.5 Å². The fourth-order valence-electron chi connectivity index (χ4n) is 2.17. The van der Waals surface area contributed by atoms with E-state index in [-0.39, 0.29) is 6.61 Å². The maximum Gasteiger partial charge on any atom is 0.204 e. The summed E-state index contributed by atoms with van der Waals surface area (Å²) < 4.78 is 25.3. The van der Waals surface area contributed by atoms with Crippen LogP contribution in [0.2, 0.25) is 5.02 Å². The zero-order chi connectivity index (χ0) is 17.8. The molecule has 1 N–H and O–H groups in total. The smallest absolute Gasteiger partial charge is 0.204 e. The van der Waals surface area contributed by atoms with Gasteiger partial charge in [-0.25, -0.2) is 4.39 Å². The molecule has 2 aromatic carbocycles. The molecule has 0 aliphatic rings. The van der Waals surface area contributed by atoms with E-state index in [1.54, 1.807) is 18.2 Å². The van der Waals surface area contributed by atoms with E-state index < -0.39 is 5.82 Å². The van der Waals surface area contributed by atoms with E-state index in [0.29, 0.717) is 39.0 Å². The average Bonchev–Trinajstić information content (AvgIpc) is 3.10. The molecule has 9 heteroatoms. The summed E-state index contributed by atoms with van der Waals surface area (Å²) in [6, 6.07) is 7.73. The molecule has 6 nitrogen and oxygen atoms in total. The number of halogens is 3. The van der Waals surface area contributed by atoms with Gasteiger partial charge in [-0.15, -0.1) is 10.2 Å². The fraction of sp³-hybridized carbons (Fsp3) is 0.188. The highest BCUT2D eigenvalue weighted by molar-refractivity contribution is 9.10. The number of H-pyrrole nitrogens is 1. The topological polar surface area (TPSA) is 72.9 Å². The van der Waals surface area contributed by atoms with Crippen LogP contribution in [0.5, 0.6) is 11.5 Å². The average molecular weight is 428 g/mol. The Bertz CT molecular complexity index is 877. The summed E-state index contributed by atoms with van der Waals surface area (Å²) >= 11 is 9.51. The van der Waals surface area contributed by atoms with Gasteiger partial charge in [-0.3, -0.25) is 0 Å². The molecule has 0 radical (unpaired) electrons. The Morgan fingerprint density at radius 1 is 1.24 bits per heavy atom. The summed E-state index contributed by atoms with van der Waals surface area (Å²) in [7, 11) is 0. The van der Waals surface area contributed by atoms with Crippen molar-refractivity contribution in [1.82, 2.24) is 20.6 Å². The van der Waals surface area contributed by atoms with Gasteiger partial charge in [0.15, 0.2) is 11.5 Å². The summed E-state index contributed by atoms with van der Waals surface area (Å²) in [4.78, 5) is 0. The number of aromatic amines is 1. The maximum atomic E-state index is 13.1. The minimum absolute atomic E-state index is 0.166. The molecule has 0 aliphatic heterocycles. The Hall–Kier alpha value is -2.19. The second-order valence-corrected chi connectivity index (χ2v) is 6.24. The Morgan fingerprint density at radius 2 is 2.08 bits per heavy atom. The number of ether oxygens (including phenoxy) is 2. The van der Waals surface area contributed by atoms with Crippen LogP contribution in [0.4, 0.5) is 4.39 Å². The molecule has 3 aromatic rings. The molecular formula is C16H13BrClFN4O2. The quantitative estimate of drug-likeness (QED) is 0.631. The van der Waals surface area contributed by atoms with E-state index >= 15 is 0 Å². The number of rotatable bonds is 6. The summed E-state index contributed by atoms with van der Waals surface area (Å²) in [6.45, 7) is 2.49. The van der Waals surface area contributed by atoms with Gasteiger partial charge in [-0.1, -0.05) is 17.7 Å². The number of tetrazole rings is 1. The lowest BCUT2D eigenvalue weighted by molar-refractivity contribution is 0.267. The van der Waals surface area contributed by atoms with Gasteiger partial charge < -0.3 is 9.47 Å². The molecule has 0 saturated heterocycles. The highest BCUT2D eigenvalue weighted by Gasteiger charge is 2.16. The van der Waals surface area contributed by atoms with Crippen molar-refractivity contribution in [2.45, 2.75) is 13.5 Å². The third kappa shape index (κ3) is 4.08. The Labute approximate surface area is 156 Å². The number of hydrogen-bond acceptors (Lipinski definition) is 5. The van der Waals surface area contributed by atoms with Crippen molar-refractivity contribution in [1.29, 1.82) is 0 Å². The first kappa shape index (κ1) is 17.6. The lowest BCUT2D eigenvalue weighted by Crippen LogP contribution is -2.02. The van der Waals surface area contributed by atoms with Crippen molar-refractivity contribution in [3.05, 3.63) is 51.2 Å². The van der Waals surface area contributed by atoms with Crippen LogP contribution in [0, 0.1) is 5.82 Å². The van der Waals surface area contributed by atoms with Crippen molar-refractivity contribution < 1.29 is 13.9 Å². The molecule has 25 heavy (non-hydrogen) atoms. The summed E-state index contributed by atoms with van der Waals surface area (Å²) in [5.41, 5.74) is 1.39. The van der Waals surface area contributed by atoms with Gasteiger partial charge in [0.25, 0.3) is 0 Å². The Balaban J connectivity index is 1.89. The van der Waals surface area contributed by atoms with Gasteiger partial charge in [0, 0.05) is 11.1 Å². The van der Waals surface area contributed by atoms with E-state index in [9.17, 15) is 4.39 Å². The van der Waals surface area contributed by atoms with E-state index in [1.807, 2.05) is 6.92 Å². The predicted octanol–water partition coefficient (Wildman–Crippen LogP) is 4.40. The first-order valence-electron chi connectivity index (χ1n) is 7.35. The van der Waals surface area contributed by atoms with Gasteiger partial charge >= 0.3 is 0 Å². The van der Waals surface area contributed by atoms with Gasteiger partial charge in [-0.05, 0) is 52.3 Å². The van der Waals surface area contributed by atoms with Crippen LogP contribution >= 0.6 is 27.5 Å². The van der Waals surface area contributed by atoms with Crippen molar-refractivity contribution in [2.24, 2.45) is 0 Å². The summed E-state index contributed by atoms with van der Waals surface area (Å²) in [5.74, 6) is 1.08. The van der Waals surface area contributed by atoms with Gasteiger partial charge in [0.1, 0.15) is 12.4 Å². The SMILES string of the molecule is CCOc1cc(-c2nn[nH]n2)cc(Br)c1OCc1ccc(F)cc1Cl. The zero-order valence-corrected chi connectivity index (χ0v) is 15.4. The van der Waals surface area contributed by atoms with Crippen LogP contribution in [0.25, 0.3) is 11.4 Å². The summed E-state index contributed by atoms with van der Waals surface area (Å²) in [6.07, 6.45) is 0. The lowest BCUT2D eigenvalue weighted by atomic mass is 10.2. The molecular weight excluding hydrogens is 415 g/mol. The largest absolute Gasteiger partial charge is 0.490 e. The van der Waals surface area contributed by atoms with E-state index in [0.717, 1.165) is 5.56 Å². The standard InChI is InChI=1S/C16H13BrClFN4O2/c1-2-24-14-6-10(16-20-22-23-21-16)5-12(17)15(14)25-8-9-3-4-11(19)7-13(9)18/h3-7H,2,8H2,1H3,(H,20,21,22,23). The fourth-order valence-corrected chi connectivity index (χ4v) is 2.95. The predicted molar refractivity (Wildman–Crippen MR) is 94.2 cm³/mol. The highest BCUT2D eigenvalue weighted by atomic mass is 79.9. The number of nitrogens with zero attached hydrogens (tertiary/aromatic N) is 3. The second-order valence-electron chi connectivity index (χ2n) is 4.98. The van der Waals surface area contributed by atoms with Crippen molar-refractivity contribution in [2.75, 3.05) is 6.61 Å². The number of nitrogens with one attached hydrogen (secondary N) is 1. The van der Waals surface area contributed by atoms with E-state index in [2.05, 4.69) is 36.6 Å². The molecule has 0 amide bonds. The van der Waals surface area contributed by atoms with Crippen LogP contribution < -0.4 is 9.47 Å². The molecule has 130 valence electrons. The molecule has 0 unspecified atom stereocenters. The second kappa shape index (κ2) is 7.79. The van der Waals surface area contributed by atoms with Crippen molar-refractivity contribution in [3.63, 3.8) is 0 Å². The molecule has 0 atom stereocenters. The van der Waals surface area contributed by atoms with E-state index in [1.165, 1.54) is 12.1 Å². The molecule has 0 aliphatic carbocycles. The first-order chi connectivity index (χ1) is 12.1. The van der Waals surface area contributed by atoms with Crippen molar-refractivity contribution in [3.8, 4) is 22.9 Å². The van der Waals surface area contributed by atoms with E-state index in [4.69, 9.17) is 21.1 Å². The highest BCUT2D eigenvalue weighted by Crippen LogP contribution is 2.39. The molecule has 1 heterocycles. The van der Waals surface area contributed by atoms with Gasteiger partial charge in [0.2, 0.25) is 5.82 Å². The van der Waals surface area contributed by atoms with Gasteiger partial charge in [0.05, 0.1) is 16.1 Å². The van der Waals surface area contributed by atoms with Crippen LogP contribution in [-0.4, -0.2) is 27.2 Å². The Morgan fingerprint density at radius 3 is 2.76 bits per heavy atom. The Kier molecular flexibility index (Phi) is 5.50. The maximum absolute atomic E-state index is 13.1. The van der Waals surface area contributed by atoms with Crippen molar-refractivity contribution >= 4 is 27.5 Å². The lowest BCUT2D eigenvalue weighted by Gasteiger charge is -2.15. The minimum Gasteiger partial charge on any atom is -0.490 e. The van der Waals surface area contributed by atoms with Gasteiger partial charge in [-0.2, -0.15) is 5.21 Å². The zero-order valence-electron chi connectivity index (χ0n) is 13.1. The molecule has 0 spiro atoms. The molecule has 3 rings (SSSR count). The first-order valence-corrected chi connectivity index (χ1v) is 8.52. The molecule has 0 bridgehead atoms. The van der Waals surface area contributed by atoms with Crippen LogP contribution in [0.15, 0.2) is 34.8 Å². The van der Waals surface area contributed by atoms with Crippen LogP contribution in [0.3, 0.4) is 0 Å². The molecule has 0 fully saturated rings. The molecule has 0 saturated carbocycles. The minimum atomic E-state index is -0.394.